The van der Waals surface area contributed by atoms with Crippen LogP contribution in [0.15, 0.2) is 0 Å². The molecule has 0 aromatic rings. The second-order valence-corrected chi connectivity index (χ2v) is 6.62. The molecule has 16 heavy (non-hydrogen) atoms. The first kappa shape index (κ1) is 12.5. The van der Waals surface area contributed by atoms with Crippen molar-refractivity contribution in [2.24, 2.45) is 23.7 Å². The molecular weight excluding hydrogens is 192 g/mol. The first-order valence-electron chi connectivity index (χ1n) is 7.77. The molecule has 0 spiro atoms. The molecule has 2 fully saturated rings. The molecule has 2 aliphatic rings. The fourth-order valence-electron chi connectivity index (χ4n) is 4.07. The molecule has 94 valence electrons. The highest BCUT2D eigenvalue weighted by molar-refractivity contribution is 4.77. The van der Waals surface area contributed by atoms with E-state index in [4.69, 9.17) is 0 Å². The summed E-state index contributed by atoms with van der Waals surface area (Å²) in [5, 5.41) is 0. The van der Waals surface area contributed by atoms with E-state index in [2.05, 4.69) is 13.8 Å². The van der Waals surface area contributed by atoms with Crippen molar-refractivity contribution in [3.05, 3.63) is 0 Å². The van der Waals surface area contributed by atoms with Crippen molar-refractivity contribution in [2.45, 2.75) is 78.1 Å². The Hall–Kier alpha value is 0. The van der Waals surface area contributed by atoms with E-state index in [0.717, 1.165) is 23.7 Å². The third kappa shape index (κ3) is 3.25. The molecule has 0 aromatic carbocycles. The van der Waals surface area contributed by atoms with Crippen LogP contribution in [0.25, 0.3) is 0 Å². The van der Waals surface area contributed by atoms with Crippen molar-refractivity contribution in [3.63, 3.8) is 0 Å². The predicted octanol–water partition coefficient (Wildman–Crippen LogP) is 5.42. The van der Waals surface area contributed by atoms with Crippen molar-refractivity contribution in [1.29, 1.82) is 0 Å². The second kappa shape index (κ2) is 6.07. The molecule has 2 saturated carbocycles. The minimum absolute atomic E-state index is 1.02. The van der Waals surface area contributed by atoms with Crippen LogP contribution in [0.1, 0.15) is 78.1 Å². The lowest BCUT2D eigenvalue weighted by atomic mass is 9.73. The van der Waals surface area contributed by atoms with Gasteiger partial charge < -0.3 is 0 Å². The van der Waals surface area contributed by atoms with Crippen molar-refractivity contribution >= 4 is 0 Å². The van der Waals surface area contributed by atoms with Gasteiger partial charge in [-0.3, -0.25) is 0 Å². The number of rotatable bonds is 3. The summed E-state index contributed by atoms with van der Waals surface area (Å²) in [7, 11) is 0. The van der Waals surface area contributed by atoms with E-state index in [1.165, 1.54) is 64.2 Å². The molecule has 0 aliphatic heterocycles. The van der Waals surface area contributed by atoms with Crippen LogP contribution in [0.3, 0.4) is 0 Å². The monoisotopic (exact) mass is 222 g/mol. The molecule has 0 amide bonds. The summed E-state index contributed by atoms with van der Waals surface area (Å²) in [6, 6.07) is 0. The SMILES string of the molecule is C[C@@H]1CCCCC1CCC1CCCC[C@@H]1C. The lowest BCUT2D eigenvalue weighted by molar-refractivity contribution is 0.186. The third-order valence-corrected chi connectivity index (χ3v) is 5.49. The molecule has 0 bridgehead atoms. The molecule has 2 rings (SSSR count). The van der Waals surface area contributed by atoms with Crippen LogP contribution in [0, 0.1) is 23.7 Å². The van der Waals surface area contributed by atoms with Gasteiger partial charge >= 0.3 is 0 Å². The first-order valence-corrected chi connectivity index (χ1v) is 7.77. The summed E-state index contributed by atoms with van der Waals surface area (Å²) >= 11 is 0. The molecule has 0 heterocycles. The van der Waals surface area contributed by atoms with Crippen molar-refractivity contribution in [2.75, 3.05) is 0 Å². The molecule has 0 saturated heterocycles. The quantitative estimate of drug-likeness (QED) is 0.598. The summed E-state index contributed by atoms with van der Waals surface area (Å²) in [4.78, 5) is 0. The van der Waals surface area contributed by atoms with Gasteiger partial charge in [-0.25, -0.2) is 0 Å². The van der Waals surface area contributed by atoms with Crippen LogP contribution >= 0.6 is 0 Å². The summed E-state index contributed by atoms with van der Waals surface area (Å²) in [6.45, 7) is 4.99. The van der Waals surface area contributed by atoms with Gasteiger partial charge in [0.1, 0.15) is 0 Å². The molecule has 0 aromatic heterocycles. The molecule has 2 aliphatic carbocycles. The predicted molar refractivity (Wildman–Crippen MR) is 71.5 cm³/mol. The summed E-state index contributed by atoms with van der Waals surface area (Å²) in [5.41, 5.74) is 0. The molecule has 0 N–H and O–H groups in total. The zero-order valence-electron chi connectivity index (χ0n) is 11.4. The summed E-state index contributed by atoms with van der Waals surface area (Å²) in [6.07, 6.45) is 15.2. The van der Waals surface area contributed by atoms with Crippen LogP contribution in [0.2, 0.25) is 0 Å². The van der Waals surface area contributed by atoms with Crippen molar-refractivity contribution in [1.82, 2.24) is 0 Å². The van der Waals surface area contributed by atoms with Gasteiger partial charge in [-0.05, 0) is 36.5 Å². The van der Waals surface area contributed by atoms with Gasteiger partial charge in [-0.15, -0.1) is 0 Å². The average molecular weight is 222 g/mol. The van der Waals surface area contributed by atoms with Crippen LogP contribution in [-0.4, -0.2) is 0 Å². The fraction of sp³-hybridized carbons (Fsp3) is 1.00. The van der Waals surface area contributed by atoms with E-state index in [1.54, 1.807) is 0 Å². The van der Waals surface area contributed by atoms with Crippen LogP contribution in [-0.2, 0) is 0 Å². The average Bonchev–Trinajstić information content (AvgIpc) is 2.30. The maximum atomic E-state index is 2.49. The maximum absolute atomic E-state index is 2.49. The van der Waals surface area contributed by atoms with Crippen molar-refractivity contribution < 1.29 is 0 Å². The molecule has 0 radical (unpaired) electrons. The smallest absolute Gasteiger partial charge is 0.0388 e. The molecule has 4 atom stereocenters. The number of hydrogen-bond acceptors (Lipinski definition) is 0. The Morgan fingerprint density at radius 1 is 0.625 bits per heavy atom. The zero-order valence-corrected chi connectivity index (χ0v) is 11.4. The Morgan fingerprint density at radius 2 is 1.00 bits per heavy atom. The Bertz CT molecular complexity index is 174. The van der Waals surface area contributed by atoms with E-state index in [9.17, 15) is 0 Å². The molecular formula is C16H30. The van der Waals surface area contributed by atoms with E-state index in [-0.39, 0.29) is 0 Å². The van der Waals surface area contributed by atoms with E-state index >= 15 is 0 Å². The first-order chi connectivity index (χ1) is 7.77. The molecule has 0 heteroatoms. The standard InChI is InChI=1S/C16H30/c1-13-7-3-5-9-15(13)11-12-16-10-6-4-8-14(16)2/h13-16H,3-12H2,1-2H3/t13-,14+,15?,16?. The van der Waals surface area contributed by atoms with Crippen LogP contribution in [0.5, 0.6) is 0 Å². The van der Waals surface area contributed by atoms with Crippen LogP contribution in [0.4, 0.5) is 0 Å². The van der Waals surface area contributed by atoms with Gasteiger partial charge in [-0.1, -0.05) is 65.2 Å². The Kier molecular flexibility index (Phi) is 4.73. The Balaban J connectivity index is 1.72. The third-order valence-electron chi connectivity index (χ3n) is 5.49. The van der Waals surface area contributed by atoms with Gasteiger partial charge in [0.25, 0.3) is 0 Å². The highest BCUT2D eigenvalue weighted by Gasteiger charge is 2.25. The minimum atomic E-state index is 1.02. The van der Waals surface area contributed by atoms with Gasteiger partial charge in [0, 0.05) is 0 Å². The van der Waals surface area contributed by atoms with Gasteiger partial charge in [0.15, 0.2) is 0 Å². The lowest BCUT2D eigenvalue weighted by Gasteiger charge is -2.33. The highest BCUT2D eigenvalue weighted by Crippen LogP contribution is 2.38. The van der Waals surface area contributed by atoms with E-state index in [0.29, 0.717) is 0 Å². The minimum Gasteiger partial charge on any atom is -0.0622 e. The highest BCUT2D eigenvalue weighted by atomic mass is 14.3. The van der Waals surface area contributed by atoms with Gasteiger partial charge in [0.2, 0.25) is 0 Å². The van der Waals surface area contributed by atoms with Crippen molar-refractivity contribution in [3.8, 4) is 0 Å². The normalized spacial score (nSPS) is 40.9. The van der Waals surface area contributed by atoms with E-state index < -0.39 is 0 Å². The zero-order chi connectivity index (χ0) is 11.4. The summed E-state index contributed by atoms with van der Waals surface area (Å²) in [5.74, 6) is 4.19. The Morgan fingerprint density at radius 3 is 1.38 bits per heavy atom. The maximum Gasteiger partial charge on any atom is -0.0388 e. The molecule has 0 nitrogen and oxygen atoms in total. The molecule has 2 unspecified atom stereocenters. The second-order valence-electron chi connectivity index (χ2n) is 6.62. The van der Waals surface area contributed by atoms with Gasteiger partial charge in [0.05, 0.1) is 0 Å². The van der Waals surface area contributed by atoms with Gasteiger partial charge in [-0.2, -0.15) is 0 Å². The van der Waals surface area contributed by atoms with E-state index in [1.807, 2.05) is 0 Å². The lowest BCUT2D eigenvalue weighted by Crippen LogP contribution is -2.21. The fourth-order valence-corrected chi connectivity index (χ4v) is 4.07. The largest absolute Gasteiger partial charge is 0.0622 e. The summed E-state index contributed by atoms with van der Waals surface area (Å²) < 4.78 is 0. The topological polar surface area (TPSA) is 0 Å². The van der Waals surface area contributed by atoms with Crippen LogP contribution < -0.4 is 0 Å². The number of hydrogen-bond donors (Lipinski definition) is 0. The Labute approximate surface area is 102 Å².